The lowest BCUT2D eigenvalue weighted by molar-refractivity contribution is 0.0724. The molecule has 7 heteroatoms. The highest BCUT2D eigenvalue weighted by Crippen LogP contribution is 2.15. The third kappa shape index (κ3) is 4.17. The van der Waals surface area contributed by atoms with Crippen molar-refractivity contribution in [3.63, 3.8) is 0 Å². The molecule has 106 valence electrons. The summed E-state index contributed by atoms with van der Waals surface area (Å²) >= 11 is 0. The molecule has 2 aliphatic heterocycles. The Bertz CT molecular complexity index is 335. The molecule has 0 aromatic heterocycles. The Kier molecular flexibility index (Phi) is 5.38. The van der Waals surface area contributed by atoms with E-state index in [1.807, 2.05) is 0 Å². The van der Waals surface area contributed by atoms with Gasteiger partial charge < -0.3 is 10.1 Å². The first-order chi connectivity index (χ1) is 8.68. The van der Waals surface area contributed by atoms with Crippen molar-refractivity contribution in [2.45, 2.75) is 19.3 Å². The van der Waals surface area contributed by atoms with Crippen molar-refractivity contribution in [1.82, 2.24) is 14.3 Å². The van der Waals surface area contributed by atoms with Gasteiger partial charge in [0.25, 0.3) is 10.2 Å². The number of piperidine rings is 1. The van der Waals surface area contributed by atoms with Crippen molar-refractivity contribution >= 4 is 10.2 Å². The van der Waals surface area contributed by atoms with Crippen molar-refractivity contribution < 1.29 is 13.2 Å². The summed E-state index contributed by atoms with van der Waals surface area (Å²) in [4.78, 5) is 0. The van der Waals surface area contributed by atoms with Gasteiger partial charge in [-0.1, -0.05) is 0 Å². The second-order valence-corrected chi connectivity index (χ2v) is 6.65. The lowest BCUT2D eigenvalue weighted by Crippen LogP contribution is -2.47. The zero-order valence-corrected chi connectivity index (χ0v) is 11.5. The van der Waals surface area contributed by atoms with E-state index in [2.05, 4.69) is 10.0 Å². The van der Waals surface area contributed by atoms with Gasteiger partial charge in [-0.05, 0) is 38.3 Å². The largest absolute Gasteiger partial charge is 0.379 e. The molecule has 0 aliphatic carbocycles. The summed E-state index contributed by atoms with van der Waals surface area (Å²) in [7, 11) is -3.30. The molecule has 2 rings (SSSR count). The van der Waals surface area contributed by atoms with Crippen LogP contribution in [0.15, 0.2) is 0 Å². The molecular formula is C11H23N3O3S. The predicted octanol–water partition coefficient (Wildman–Crippen LogP) is -0.457. The fraction of sp³-hybridized carbons (Fsp3) is 1.00. The molecule has 0 radical (unpaired) electrons. The van der Waals surface area contributed by atoms with Crippen LogP contribution in [-0.4, -0.2) is 58.7 Å². The van der Waals surface area contributed by atoms with Crippen LogP contribution in [0.2, 0.25) is 0 Å². The van der Waals surface area contributed by atoms with Crippen LogP contribution in [0.3, 0.4) is 0 Å². The van der Waals surface area contributed by atoms with Gasteiger partial charge in [0, 0.05) is 19.6 Å². The average Bonchev–Trinajstić information content (AvgIpc) is 2.41. The van der Waals surface area contributed by atoms with E-state index in [1.54, 1.807) is 0 Å². The Morgan fingerprint density at radius 3 is 2.56 bits per heavy atom. The Morgan fingerprint density at radius 2 is 1.89 bits per heavy atom. The topological polar surface area (TPSA) is 70.7 Å². The lowest BCUT2D eigenvalue weighted by atomic mass is 9.95. The third-order valence-electron chi connectivity index (χ3n) is 3.61. The molecule has 0 aromatic carbocycles. The standard InChI is InChI=1S/C11H23N3O3S/c15-18(16,14-7-9-17-10-8-14)13-6-3-11-1-4-12-5-2-11/h11-13H,1-10H2. The Balaban J connectivity index is 1.70. The van der Waals surface area contributed by atoms with E-state index in [0.29, 0.717) is 38.8 Å². The molecule has 0 atom stereocenters. The van der Waals surface area contributed by atoms with Gasteiger partial charge in [-0.15, -0.1) is 0 Å². The van der Waals surface area contributed by atoms with Gasteiger partial charge in [-0.2, -0.15) is 12.7 Å². The van der Waals surface area contributed by atoms with Crippen LogP contribution in [0, 0.1) is 5.92 Å². The maximum Gasteiger partial charge on any atom is 0.279 e. The van der Waals surface area contributed by atoms with Crippen molar-refractivity contribution in [1.29, 1.82) is 0 Å². The molecular weight excluding hydrogens is 254 g/mol. The SMILES string of the molecule is O=S(=O)(NCCC1CCNCC1)N1CCOCC1. The smallest absolute Gasteiger partial charge is 0.279 e. The second-order valence-electron chi connectivity index (χ2n) is 4.89. The minimum atomic E-state index is -3.30. The highest BCUT2D eigenvalue weighted by Gasteiger charge is 2.24. The fourth-order valence-electron chi connectivity index (χ4n) is 2.44. The summed E-state index contributed by atoms with van der Waals surface area (Å²) in [6.45, 7) is 4.57. The van der Waals surface area contributed by atoms with Gasteiger partial charge in [-0.25, -0.2) is 4.72 Å². The summed E-state index contributed by atoms with van der Waals surface area (Å²) in [5, 5.41) is 3.31. The van der Waals surface area contributed by atoms with Gasteiger partial charge in [0.1, 0.15) is 0 Å². The van der Waals surface area contributed by atoms with Crippen molar-refractivity contribution in [2.75, 3.05) is 45.9 Å². The van der Waals surface area contributed by atoms with Gasteiger partial charge in [-0.3, -0.25) is 0 Å². The molecule has 0 amide bonds. The van der Waals surface area contributed by atoms with E-state index in [0.717, 1.165) is 32.4 Å². The first-order valence-electron chi connectivity index (χ1n) is 6.72. The molecule has 0 bridgehead atoms. The summed E-state index contributed by atoms with van der Waals surface area (Å²) in [6, 6.07) is 0. The lowest BCUT2D eigenvalue weighted by Gasteiger charge is -2.27. The number of ether oxygens (including phenoxy) is 1. The van der Waals surface area contributed by atoms with Crippen LogP contribution in [0.4, 0.5) is 0 Å². The van der Waals surface area contributed by atoms with E-state index >= 15 is 0 Å². The Morgan fingerprint density at radius 1 is 1.22 bits per heavy atom. The number of nitrogens with zero attached hydrogens (tertiary/aromatic N) is 1. The number of hydrogen-bond donors (Lipinski definition) is 2. The molecule has 0 aromatic rings. The third-order valence-corrected chi connectivity index (χ3v) is 5.22. The van der Waals surface area contributed by atoms with Crippen LogP contribution >= 0.6 is 0 Å². The summed E-state index contributed by atoms with van der Waals surface area (Å²) in [6.07, 6.45) is 3.24. The predicted molar refractivity (Wildman–Crippen MR) is 69.5 cm³/mol. The average molecular weight is 277 g/mol. The van der Waals surface area contributed by atoms with Crippen molar-refractivity contribution in [3.8, 4) is 0 Å². The fourth-order valence-corrected chi connectivity index (χ4v) is 3.63. The van der Waals surface area contributed by atoms with Crippen LogP contribution in [-0.2, 0) is 14.9 Å². The normalized spacial score (nSPS) is 24.2. The van der Waals surface area contributed by atoms with Gasteiger partial charge in [0.05, 0.1) is 13.2 Å². The van der Waals surface area contributed by atoms with Crippen LogP contribution in [0.1, 0.15) is 19.3 Å². The number of nitrogens with one attached hydrogen (secondary N) is 2. The van der Waals surface area contributed by atoms with Crippen LogP contribution in [0.5, 0.6) is 0 Å². The van der Waals surface area contributed by atoms with E-state index in [1.165, 1.54) is 4.31 Å². The minimum absolute atomic E-state index is 0.461. The van der Waals surface area contributed by atoms with Crippen LogP contribution in [0.25, 0.3) is 0 Å². The van der Waals surface area contributed by atoms with E-state index in [9.17, 15) is 8.42 Å². The van der Waals surface area contributed by atoms with Crippen LogP contribution < -0.4 is 10.0 Å². The highest BCUT2D eigenvalue weighted by atomic mass is 32.2. The van der Waals surface area contributed by atoms with E-state index in [4.69, 9.17) is 4.74 Å². The molecule has 2 N–H and O–H groups in total. The van der Waals surface area contributed by atoms with Gasteiger partial charge >= 0.3 is 0 Å². The second kappa shape index (κ2) is 6.81. The summed E-state index contributed by atoms with van der Waals surface area (Å²) in [5.74, 6) is 0.652. The molecule has 6 nitrogen and oxygen atoms in total. The maximum atomic E-state index is 12.0. The zero-order chi connectivity index (χ0) is 12.8. The molecule has 18 heavy (non-hydrogen) atoms. The Hall–Kier alpha value is -0.210. The van der Waals surface area contributed by atoms with Crippen molar-refractivity contribution in [2.24, 2.45) is 5.92 Å². The molecule has 0 saturated carbocycles. The van der Waals surface area contributed by atoms with Gasteiger partial charge in [0.15, 0.2) is 0 Å². The first kappa shape index (κ1) is 14.2. The quantitative estimate of drug-likeness (QED) is 0.713. The minimum Gasteiger partial charge on any atom is -0.379 e. The summed E-state index contributed by atoms with van der Waals surface area (Å²) in [5.41, 5.74) is 0. The molecule has 0 spiro atoms. The van der Waals surface area contributed by atoms with Crippen molar-refractivity contribution in [3.05, 3.63) is 0 Å². The number of rotatable bonds is 5. The highest BCUT2D eigenvalue weighted by molar-refractivity contribution is 7.87. The molecule has 2 fully saturated rings. The number of morpholine rings is 1. The summed E-state index contributed by atoms with van der Waals surface area (Å²) < 4.78 is 33.3. The van der Waals surface area contributed by atoms with Gasteiger partial charge in [0.2, 0.25) is 0 Å². The number of hydrogen-bond acceptors (Lipinski definition) is 4. The maximum absolute atomic E-state index is 12.0. The molecule has 0 unspecified atom stereocenters. The zero-order valence-electron chi connectivity index (χ0n) is 10.7. The molecule has 2 heterocycles. The van der Waals surface area contributed by atoms with E-state index < -0.39 is 10.2 Å². The monoisotopic (exact) mass is 277 g/mol. The molecule has 2 saturated heterocycles. The molecule has 2 aliphatic rings. The Labute approximate surface area is 109 Å². The van der Waals surface area contributed by atoms with E-state index in [-0.39, 0.29) is 0 Å². The first-order valence-corrected chi connectivity index (χ1v) is 8.16.